The van der Waals surface area contributed by atoms with Gasteiger partial charge in [-0.15, -0.1) is 0 Å². The van der Waals surface area contributed by atoms with Crippen molar-refractivity contribution < 1.29 is 4.79 Å². The van der Waals surface area contributed by atoms with Crippen LogP contribution in [0.2, 0.25) is 0 Å². The van der Waals surface area contributed by atoms with E-state index in [1.165, 1.54) is 6.42 Å². The molecule has 68 valence electrons. The van der Waals surface area contributed by atoms with Crippen LogP contribution in [0.3, 0.4) is 0 Å². The molecule has 1 aliphatic rings. The highest BCUT2D eigenvalue weighted by Gasteiger charge is 2.13. The molecule has 1 atom stereocenters. The fraction of sp³-hybridized carbons (Fsp3) is 0.727. The molecule has 0 saturated carbocycles. The van der Waals surface area contributed by atoms with E-state index in [-0.39, 0.29) is 0 Å². The number of hydrogen-bond acceptors (Lipinski definition) is 1. The summed E-state index contributed by atoms with van der Waals surface area (Å²) in [6.45, 7) is 4.49. The largest absolute Gasteiger partial charge is 0.303 e. The van der Waals surface area contributed by atoms with Crippen molar-refractivity contribution in [2.75, 3.05) is 0 Å². The van der Waals surface area contributed by atoms with Gasteiger partial charge in [-0.2, -0.15) is 0 Å². The van der Waals surface area contributed by atoms with Gasteiger partial charge in [-0.25, -0.2) is 0 Å². The molecule has 0 radical (unpaired) electrons. The third-order valence-electron chi connectivity index (χ3n) is 2.41. The minimum atomic E-state index is 0.306. The van der Waals surface area contributed by atoms with Crippen molar-refractivity contribution in [1.29, 1.82) is 0 Å². The van der Waals surface area contributed by atoms with E-state index >= 15 is 0 Å². The first-order valence-electron chi connectivity index (χ1n) is 4.85. The second kappa shape index (κ2) is 4.44. The Kier molecular flexibility index (Phi) is 3.51. The Bertz CT molecular complexity index is 179. The second-order valence-electron chi connectivity index (χ2n) is 4.13. The molecule has 12 heavy (non-hydrogen) atoms. The maximum absolute atomic E-state index is 10.5. The van der Waals surface area contributed by atoms with Crippen molar-refractivity contribution in [1.82, 2.24) is 0 Å². The van der Waals surface area contributed by atoms with Crippen LogP contribution < -0.4 is 0 Å². The topological polar surface area (TPSA) is 17.1 Å². The summed E-state index contributed by atoms with van der Waals surface area (Å²) in [7, 11) is 0. The standard InChI is InChI=1S/C11H18O/c1-9(2)7-10-3-5-11(8-12)6-4-10/h3,8-9,11H,4-7H2,1-2H3/t11-/m1/s1. The van der Waals surface area contributed by atoms with Crippen molar-refractivity contribution in [2.45, 2.75) is 39.5 Å². The monoisotopic (exact) mass is 166 g/mol. The average molecular weight is 166 g/mol. The third kappa shape index (κ3) is 2.80. The normalized spacial score (nSPS) is 23.9. The lowest BCUT2D eigenvalue weighted by Crippen LogP contribution is -2.07. The van der Waals surface area contributed by atoms with Gasteiger partial charge < -0.3 is 4.79 Å². The smallest absolute Gasteiger partial charge is 0.123 e. The fourth-order valence-electron chi connectivity index (χ4n) is 1.74. The van der Waals surface area contributed by atoms with Crippen LogP contribution >= 0.6 is 0 Å². The average Bonchev–Trinajstić information content (AvgIpc) is 2.05. The van der Waals surface area contributed by atoms with E-state index < -0.39 is 0 Å². The molecule has 0 aromatic rings. The zero-order valence-corrected chi connectivity index (χ0v) is 8.05. The number of carbonyl (C=O) groups is 1. The van der Waals surface area contributed by atoms with Crippen molar-refractivity contribution >= 4 is 6.29 Å². The van der Waals surface area contributed by atoms with Crippen LogP contribution in [-0.2, 0) is 4.79 Å². The molecule has 1 heteroatoms. The molecule has 1 rings (SSSR count). The van der Waals surface area contributed by atoms with Crippen LogP contribution in [0.15, 0.2) is 11.6 Å². The predicted octanol–water partition coefficient (Wildman–Crippen LogP) is 2.96. The molecular formula is C11H18O. The highest BCUT2D eigenvalue weighted by molar-refractivity contribution is 5.54. The molecule has 1 aliphatic carbocycles. The molecule has 0 aromatic carbocycles. The molecule has 0 aromatic heterocycles. The maximum atomic E-state index is 10.5. The number of aldehydes is 1. The van der Waals surface area contributed by atoms with Gasteiger partial charge in [-0.1, -0.05) is 25.5 Å². The van der Waals surface area contributed by atoms with E-state index in [9.17, 15) is 4.79 Å². The Balaban J connectivity index is 2.39. The minimum absolute atomic E-state index is 0.306. The predicted molar refractivity (Wildman–Crippen MR) is 50.9 cm³/mol. The molecule has 1 nitrogen and oxygen atoms in total. The van der Waals surface area contributed by atoms with Gasteiger partial charge in [-0.05, 0) is 31.6 Å². The third-order valence-corrected chi connectivity index (χ3v) is 2.41. The summed E-state index contributed by atoms with van der Waals surface area (Å²) in [5.74, 6) is 1.06. The second-order valence-corrected chi connectivity index (χ2v) is 4.13. The van der Waals surface area contributed by atoms with Gasteiger partial charge in [0.25, 0.3) is 0 Å². The Morgan fingerprint density at radius 1 is 1.67 bits per heavy atom. The van der Waals surface area contributed by atoms with Crippen molar-refractivity contribution in [3.63, 3.8) is 0 Å². The van der Waals surface area contributed by atoms with Crippen molar-refractivity contribution in [3.05, 3.63) is 11.6 Å². The molecule has 0 spiro atoms. The van der Waals surface area contributed by atoms with Gasteiger partial charge in [0, 0.05) is 5.92 Å². The summed E-state index contributed by atoms with van der Waals surface area (Å²) in [5.41, 5.74) is 1.56. The van der Waals surface area contributed by atoms with Crippen molar-refractivity contribution in [2.24, 2.45) is 11.8 Å². The molecule has 0 heterocycles. The summed E-state index contributed by atoms with van der Waals surface area (Å²) in [4.78, 5) is 10.5. The van der Waals surface area contributed by atoms with Crippen LogP contribution in [0, 0.1) is 11.8 Å². The lowest BCUT2D eigenvalue weighted by Gasteiger charge is -2.18. The summed E-state index contributed by atoms with van der Waals surface area (Å²) in [6, 6.07) is 0. The lowest BCUT2D eigenvalue weighted by atomic mass is 9.87. The number of rotatable bonds is 3. The maximum Gasteiger partial charge on any atom is 0.123 e. The zero-order chi connectivity index (χ0) is 8.97. The van der Waals surface area contributed by atoms with Gasteiger partial charge in [0.15, 0.2) is 0 Å². The van der Waals surface area contributed by atoms with Gasteiger partial charge in [-0.3, -0.25) is 0 Å². The summed E-state index contributed by atoms with van der Waals surface area (Å²) < 4.78 is 0. The van der Waals surface area contributed by atoms with Gasteiger partial charge >= 0.3 is 0 Å². The molecule has 0 amide bonds. The minimum Gasteiger partial charge on any atom is -0.303 e. The summed E-state index contributed by atoms with van der Waals surface area (Å²) >= 11 is 0. The van der Waals surface area contributed by atoms with E-state index in [0.29, 0.717) is 5.92 Å². The highest BCUT2D eigenvalue weighted by Crippen LogP contribution is 2.26. The van der Waals surface area contributed by atoms with Crippen LogP contribution in [0.1, 0.15) is 39.5 Å². The number of carbonyl (C=O) groups excluding carboxylic acids is 1. The number of allylic oxidation sites excluding steroid dienone is 2. The van der Waals surface area contributed by atoms with Crippen LogP contribution in [0.5, 0.6) is 0 Å². The molecule has 0 unspecified atom stereocenters. The Hall–Kier alpha value is -0.590. The van der Waals surface area contributed by atoms with E-state index in [4.69, 9.17) is 0 Å². The van der Waals surface area contributed by atoms with Crippen LogP contribution in [0.25, 0.3) is 0 Å². The van der Waals surface area contributed by atoms with Gasteiger partial charge in [0.1, 0.15) is 6.29 Å². The van der Waals surface area contributed by atoms with Gasteiger partial charge in [0.2, 0.25) is 0 Å². The Morgan fingerprint density at radius 3 is 2.83 bits per heavy atom. The van der Waals surface area contributed by atoms with Gasteiger partial charge in [0.05, 0.1) is 0 Å². The van der Waals surface area contributed by atoms with E-state index in [1.54, 1.807) is 5.57 Å². The molecule has 0 fully saturated rings. The first kappa shape index (κ1) is 9.50. The fourth-order valence-corrected chi connectivity index (χ4v) is 1.74. The van der Waals surface area contributed by atoms with Crippen molar-refractivity contribution in [3.8, 4) is 0 Å². The SMILES string of the molecule is CC(C)CC1=CC[C@@H](C=O)CC1. The van der Waals surface area contributed by atoms with Crippen LogP contribution in [0.4, 0.5) is 0 Å². The molecule has 0 aliphatic heterocycles. The molecule has 0 bridgehead atoms. The molecule has 0 saturated heterocycles. The van der Waals surface area contributed by atoms with E-state index in [1.807, 2.05) is 0 Å². The molecular weight excluding hydrogens is 148 g/mol. The zero-order valence-electron chi connectivity index (χ0n) is 8.05. The number of hydrogen-bond donors (Lipinski definition) is 0. The Morgan fingerprint density at radius 2 is 2.42 bits per heavy atom. The quantitative estimate of drug-likeness (QED) is 0.465. The summed E-state index contributed by atoms with van der Waals surface area (Å²) in [6.07, 6.45) is 7.77. The first-order chi connectivity index (χ1) is 5.72. The van der Waals surface area contributed by atoms with E-state index in [2.05, 4.69) is 19.9 Å². The molecule has 0 N–H and O–H groups in total. The van der Waals surface area contributed by atoms with E-state index in [0.717, 1.165) is 31.5 Å². The van der Waals surface area contributed by atoms with Crippen LogP contribution in [-0.4, -0.2) is 6.29 Å². The lowest BCUT2D eigenvalue weighted by molar-refractivity contribution is -0.111. The highest BCUT2D eigenvalue weighted by atomic mass is 16.1. The first-order valence-corrected chi connectivity index (χ1v) is 4.85. The summed E-state index contributed by atoms with van der Waals surface area (Å²) in [5, 5.41) is 0. The Labute approximate surface area is 74.9 Å².